The molecule has 0 bridgehead atoms. The Morgan fingerprint density at radius 1 is 0.957 bits per heavy atom. The lowest BCUT2D eigenvalue weighted by Gasteiger charge is -2.42. The van der Waals surface area contributed by atoms with Gasteiger partial charge in [-0.3, -0.25) is 0 Å². The van der Waals surface area contributed by atoms with Gasteiger partial charge in [0.05, 0.1) is 0 Å². The summed E-state index contributed by atoms with van der Waals surface area (Å²) < 4.78 is 0. The van der Waals surface area contributed by atoms with E-state index in [0.717, 1.165) is 0 Å². The highest BCUT2D eigenvalue weighted by Gasteiger charge is 2.42. The molecule has 1 radical (unpaired) electrons. The Balaban J connectivity index is 2.04. The van der Waals surface area contributed by atoms with E-state index >= 15 is 0 Å². The second kappa shape index (κ2) is 6.88. The van der Waals surface area contributed by atoms with E-state index in [1.54, 1.807) is 5.56 Å². The summed E-state index contributed by atoms with van der Waals surface area (Å²) in [5.41, 5.74) is 4.46. The van der Waals surface area contributed by atoms with Crippen LogP contribution in [0.4, 0.5) is 0 Å². The minimum atomic E-state index is -0.468. The standard InChI is InChI=1S/C22H27Si/c1-4-16-22(23(2)3,17-18-10-6-5-7-11-18)21-15-14-19-12-8-9-13-20(19)21/h5-15,21H,4,16-17H2,1-3H3. The number of rotatable bonds is 6. The molecule has 1 aliphatic rings. The van der Waals surface area contributed by atoms with Crippen LogP contribution < -0.4 is 0 Å². The SMILES string of the molecule is CCCC(Cc1ccccc1)(C1C=Cc2ccccc21)[Si](C)C. The molecule has 23 heavy (non-hydrogen) atoms. The topological polar surface area (TPSA) is 0 Å². The highest BCUT2D eigenvalue weighted by atomic mass is 28.3. The molecule has 2 aromatic rings. The van der Waals surface area contributed by atoms with E-state index in [2.05, 4.69) is 86.8 Å². The molecule has 2 atom stereocenters. The zero-order valence-electron chi connectivity index (χ0n) is 14.5. The molecule has 1 heteroatoms. The Morgan fingerprint density at radius 2 is 1.65 bits per heavy atom. The van der Waals surface area contributed by atoms with Gasteiger partial charge in [-0.2, -0.15) is 0 Å². The Hall–Kier alpha value is -1.60. The van der Waals surface area contributed by atoms with Crippen molar-refractivity contribution in [1.29, 1.82) is 0 Å². The Bertz CT molecular complexity index is 671. The van der Waals surface area contributed by atoms with Crippen LogP contribution in [0.3, 0.4) is 0 Å². The molecule has 0 aromatic heterocycles. The van der Waals surface area contributed by atoms with Gasteiger partial charge in [0.2, 0.25) is 0 Å². The first-order valence-corrected chi connectivity index (χ1v) is 11.3. The second-order valence-corrected chi connectivity index (χ2v) is 10.0. The van der Waals surface area contributed by atoms with E-state index < -0.39 is 8.80 Å². The van der Waals surface area contributed by atoms with Gasteiger partial charge >= 0.3 is 0 Å². The largest absolute Gasteiger partial charge is 0.0761 e. The lowest BCUT2D eigenvalue weighted by molar-refractivity contribution is 0.449. The van der Waals surface area contributed by atoms with Crippen LogP contribution in [0, 0.1) is 0 Å². The Morgan fingerprint density at radius 3 is 2.35 bits per heavy atom. The molecule has 0 saturated heterocycles. The van der Waals surface area contributed by atoms with Crippen molar-refractivity contribution < 1.29 is 0 Å². The Kier molecular flexibility index (Phi) is 4.86. The zero-order valence-corrected chi connectivity index (χ0v) is 15.5. The maximum atomic E-state index is 2.51. The first-order valence-electron chi connectivity index (χ1n) is 8.79. The lowest BCUT2D eigenvalue weighted by atomic mass is 9.79. The molecule has 0 spiro atoms. The van der Waals surface area contributed by atoms with Gasteiger partial charge in [-0.15, -0.1) is 0 Å². The molecule has 119 valence electrons. The molecule has 2 unspecified atom stereocenters. The van der Waals surface area contributed by atoms with Crippen LogP contribution >= 0.6 is 0 Å². The third kappa shape index (κ3) is 3.07. The number of hydrogen-bond acceptors (Lipinski definition) is 0. The Labute approximate surface area is 142 Å². The number of benzene rings is 2. The summed E-state index contributed by atoms with van der Waals surface area (Å²) in [6, 6.07) is 20.1. The van der Waals surface area contributed by atoms with E-state index in [9.17, 15) is 0 Å². The summed E-state index contributed by atoms with van der Waals surface area (Å²) >= 11 is 0. The van der Waals surface area contributed by atoms with Crippen molar-refractivity contribution in [3.05, 3.63) is 77.4 Å². The number of fused-ring (bicyclic) bond motifs is 1. The summed E-state index contributed by atoms with van der Waals surface area (Å²) in [6.45, 7) is 7.37. The van der Waals surface area contributed by atoms with Crippen molar-refractivity contribution in [3.8, 4) is 0 Å². The average Bonchev–Trinajstić information content (AvgIpc) is 2.99. The normalized spacial score (nSPS) is 18.9. The summed E-state index contributed by atoms with van der Waals surface area (Å²) in [5.74, 6) is 0.572. The lowest BCUT2D eigenvalue weighted by Crippen LogP contribution is -2.35. The fraction of sp³-hybridized carbons (Fsp3) is 0.364. The summed E-state index contributed by atoms with van der Waals surface area (Å²) in [6.07, 6.45) is 8.61. The molecule has 0 fully saturated rings. The van der Waals surface area contributed by atoms with Gasteiger partial charge in [0.15, 0.2) is 0 Å². The number of hydrogen-bond donors (Lipinski definition) is 0. The molecule has 0 nitrogen and oxygen atoms in total. The second-order valence-electron chi connectivity index (χ2n) is 7.03. The monoisotopic (exact) mass is 319 g/mol. The van der Waals surface area contributed by atoms with Gasteiger partial charge in [0.25, 0.3) is 0 Å². The van der Waals surface area contributed by atoms with Crippen molar-refractivity contribution in [3.63, 3.8) is 0 Å². The van der Waals surface area contributed by atoms with Crippen molar-refractivity contribution >= 4 is 14.9 Å². The maximum absolute atomic E-state index is 2.51. The average molecular weight is 320 g/mol. The van der Waals surface area contributed by atoms with Crippen LogP contribution in [0.1, 0.15) is 42.4 Å². The van der Waals surface area contributed by atoms with Crippen LogP contribution in [0.25, 0.3) is 6.08 Å². The van der Waals surface area contributed by atoms with E-state index in [-0.39, 0.29) is 0 Å². The molecule has 0 N–H and O–H groups in total. The third-order valence-electron chi connectivity index (χ3n) is 5.45. The van der Waals surface area contributed by atoms with E-state index in [4.69, 9.17) is 0 Å². The minimum absolute atomic E-state index is 0.393. The smallest absolute Gasteiger partial charge is 0.0497 e. The first-order chi connectivity index (χ1) is 11.2. The van der Waals surface area contributed by atoms with Gasteiger partial charge in [0, 0.05) is 14.7 Å². The van der Waals surface area contributed by atoms with Gasteiger partial charge in [0.1, 0.15) is 0 Å². The first kappa shape index (κ1) is 16.3. The molecule has 0 aliphatic heterocycles. The van der Waals surface area contributed by atoms with Gasteiger partial charge in [-0.25, -0.2) is 0 Å². The summed E-state index contributed by atoms with van der Waals surface area (Å²) in [7, 11) is -0.468. The molecule has 2 aromatic carbocycles. The molecule has 0 amide bonds. The van der Waals surface area contributed by atoms with Crippen molar-refractivity contribution in [2.24, 2.45) is 0 Å². The van der Waals surface area contributed by atoms with Crippen LogP contribution in [0.5, 0.6) is 0 Å². The van der Waals surface area contributed by atoms with Crippen molar-refractivity contribution in [2.45, 2.75) is 50.2 Å². The molecule has 3 rings (SSSR count). The van der Waals surface area contributed by atoms with Crippen molar-refractivity contribution in [2.75, 3.05) is 0 Å². The molecular weight excluding hydrogens is 292 g/mol. The van der Waals surface area contributed by atoms with Gasteiger partial charge < -0.3 is 0 Å². The van der Waals surface area contributed by atoms with Crippen LogP contribution in [0.15, 0.2) is 60.7 Å². The highest BCUT2D eigenvalue weighted by molar-refractivity contribution is 6.60. The quantitative estimate of drug-likeness (QED) is 0.545. The summed E-state index contributed by atoms with van der Waals surface area (Å²) in [5, 5.41) is 0.393. The van der Waals surface area contributed by atoms with Gasteiger partial charge in [-0.1, -0.05) is 93.2 Å². The molecule has 1 aliphatic carbocycles. The predicted octanol–water partition coefficient (Wildman–Crippen LogP) is 6.33. The minimum Gasteiger partial charge on any atom is -0.0761 e. The zero-order chi connectivity index (χ0) is 16.3. The van der Waals surface area contributed by atoms with E-state index in [1.165, 1.54) is 30.4 Å². The molecular formula is C22H27Si. The van der Waals surface area contributed by atoms with E-state index in [1.807, 2.05) is 0 Å². The summed E-state index contributed by atoms with van der Waals surface area (Å²) in [4.78, 5) is 0. The maximum Gasteiger partial charge on any atom is 0.0497 e. The fourth-order valence-corrected chi connectivity index (χ4v) is 6.41. The number of allylic oxidation sites excluding steroid dienone is 1. The molecule has 0 saturated carbocycles. The third-order valence-corrected chi connectivity index (χ3v) is 8.18. The predicted molar refractivity (Wildman–Crippen MR) is 103 cm³/mol. The highest BCUT2D eigenvalue weighted by Crippen LogP contribution is 2.55. The molecule has 0 heterocycles. The van der Waals surface area contributed by atoms with Crippen LogP contribution in [-0.4, -0.2) is 8.80 Å². The van der Waals surface area contributed by atoms with E-state index in [0.29, 0.717) is 11.0 Å². The fourth-order valence-electron chi connectivity index (χ4n) is 4.23. The van der Waals surface area contributed by atoms with Crippen molar-refractivity contribution in [1.82, 2.24) is 0 Å². The van der Waals surface area contributed by atoms with Crippen LogP contribution in [-0.2, 0) is 6.42 Å². The van der Waals surface area contributed by atoms with Crippen LogP contribution in [0.2, 0.25) is 18.1 Å². The van der Waals surface area contributed by atoms with Gasteiger partial charge in [-0.05, 0) is 34.6 Å².